The summed E-state index contributed by atoms with van der Waals surface area (Å²) in [6.45, 7) is 0.708. The average Bonchev–Trinajstić information content (AvgIpc) is 2.53. The van der Waals surface area contributed by atoms with E-state index >= 15 is 0 Å². The molecule has 2 aromatic carbocycles. The summed E-state index contributed by atoms with van der Waals surface area (Å²) < 4.78 is 11.6. The van der Waals surface area contributed by atoms with Crippen molar-refractivity contribution >= 4 is 33.4 Å². The van der Waals surface area contributed by atoms with Crippen LogP contribution in [0.4, 0.5) is 5.69 Å². The van der Waals surface area contributed by atoms with Crippen molar-refractivity contribution in [3.05, 3.63) is 46.4 Å². The number of nitrogens with one attached hydrogen (secondary N) is 1. The van der Waals surface area contributed by atoms with Crippen LogP contribution in [0.25, 0.3) is 0 Å². The molecule has 0 heterocycles. The minimum atomic E-state index is 0.708. The van der Waals surface area contributed by atoms with E-state index in [0.717, 1.165) is 27.2 Å². The predicted octanol–water partition coefficient (Wildman–Crippen LogP) is 4.80. The SMILES string of the molecule is COc1cc(Br)c(CNc2ccc(SC)cc2)cc1OC. The number of ether oxygens (including phenoxy) is 2. The van der Waals surface area contributed by atoms with Crippen LogP contribution in [0, 0.1) is 0 Å². The van der Waals surface area contributed by atoms with Crippen molar-refractivity contribution in [2.24, 2.45) is 0 Å². The molecule has 0 aliphatic rings. The van der Waals surface area contributed by atoms with Gasteiger partial charge in [0.2, 0.25) is 0 Å². The molecule has 0 unspecified atom stereocenters. The Kier molecular flexibility index (Phi) is 5.82. The highest BCUT2D eigenvalue weighted by Gasteiger charge is 2.09. The van der Waals surface area contributed by atoms with Crippen LogP contribution < -0.4 is 14.8 Å². The summed E-state index contributed by atoms with van der Waals surface area (Å²) in [7, 11) is 3.28. The molecule has 0 amide bonds. The number of halogens is 1. The maximum Gasteiger partial charge on any atom is 0.161 e. The zero-order valence-electron chi connectivity index (χ0n) is 12.3. The first-order chi connectivity index (χ1) is 10.2. The molecular formula is C16H18BrNO2S. The van der Waals surface area contributed by atoms with Gasteiger partial charge >= 0.3 is 0 Å². The van der Waals surface area contributed by atoms with Crippen molar-refractivity contribution in [3.63, 3.8) is 0 Å². The molecule has 0 aliphatic heterocycles. The molecule has 0 aliphatic carbocycles. The molecule has 0 spiro atoms. The summed E-state index contributed by atoms with van der Waals surface area (Å²) in [4.78, 5) is 1.26. The quantitative estimate of drug-likeness (QED) is 0.742. The molecule has 0 saturated heterocycles. The smallest absolute Gasteiger partial charge is 0.161 e. The minimum Gasteiger partial charge on any atom is -0.493 e. The molecule has 21 heavy (non-hydrogen) atoms. The van der Waals surface area contributed by atoms with E-state index in [9.17, 15) is 0 Å². The molecule has 0 bridgehead atoms. The first-order valence-corrected chi connectivity index (χ1v) is 8.48. The lowest BCUT2D eigenvalue weighted by atomic mass is 10.2. The second-order valence-corrected chi connectivity index (χ2v) is 6.11. The van der Waals surface area contributed by atoms with E-state index in [1.165, 1.54) is 4.90 Å². The van der Waals surface area contributed by atoms with Crippen LogP contribution in [0.1, 0.15) is 5.56 Å². The summed E-state index contributed by atoms with van der Waals surface area (Å²) in [5, 5.41) is 3.41. The average molecular weight is 368 g/mol. The number of benzene rings is 2. The first kappa shape index (κ1) is 16.0. The molecule has 3 nitrogen and oxygen atoms in total. The molecule has 5 heteroatoms. The molecule has 1 N–H and O–H groups in total. The highest BCUT2D eigenvalue weighted by Crippen LogP contribution is 2.33. The predicted molar refractivity (Wildman–Crippen MR) is 92.8 cm³/mol. The maximum absolute atomic E-state index is 5.34. The summed E-state index contributed by atoms with van der Waals surface area (Å²) in [5.41, 5.74) is 2.20. The Hall–Kier alpha value is -1.33. The van der Waals surface area contributed by atoms with Gasteiger partial charge in [0.1, 0.15) is 0 Å². The Morgan fingerprint density at radius 1 is 1.05 bits per heavy atom. The fraction of sp³-hybridized carbons (Fsp3) is 0.250. The summed E-state index contributed by atoms with van der Waals surface area (Å²) in [6, 6.07) is 12.3. The Morgan fingerprint density at radius 3 is 2.24 bits per heavy atom. The Morgan fingerprint density at radius 2 is 1.67 bits per heavy atom. The lowest BCUT2D eigenvalue weighted by Crippen LogP contribution is -2.01. The highest BCUT2D eigenvalue weighted by molar-refractivity contribution is 9.10. The number of rotatable bonds is 6. The van der Waals surface area contributed by atoms with Gasteiger partial charge < -0.3 is 14.8 Å². The van der Waals surface area contributed by atoms with Crippen LogP contribution in [0.15, 0.2) is 45.8 Å². The summed E-state index contributed by atoms with van der Waals surface area (Å²) in [5.74, 6) is 1.45. The summed E-state index contributed by atoms with van der Waals surface area (Å²) >= 11 is 5.31. The van der Waals surface area contributed by atoms with Crippen molar-refractivity contribution in [2.75, 3.05) is 25.8 Å². The van der Waals surface area contributed by atoms with Crippen LogP contribution in [-0.2, 0) is 6.54 Å². The van der Waals surface area contributed by atoms with Crippen LogP contribution in [0.3, 0.4) is 0 Å². The number of hydrogen-bond acceptors (Lipinski definition) is 4. The van der Waals surface area contributed by atoms with Gasteiger partial charge in [0.15, 0.2) is 11.5 Å². The van der Waals surface area contributed by atoms with Crippen LogP contribution in [-0.4, -0.2) is 20.5 Å². The van der Waals surface area contributed by atoms with E-state index in [0.29, 0.717) is 6.54 Å². The zero-order valence-corrected chi connectivity index (χ0v) is 14.7. The van der Waals surface area contributed by atoms with E-state index in [1.54, 1.807) is 26.0 Å². The first-order valence-electron chi connectivity index (χ1n) is 6.46. The second kappa shape index (κ2) is 7.61. The molecule has 2 aromatic rings. The van der Waals surface area contributed by atoms with Gasteiger partial charge in [-0.3, -0.25) is 0 Å². The van der Waals surface area contributed by atoms with Crippen LogP contribution >= 0.6 is 27.7 Å². The molecule has 0 radical (unpaired) electrons. The van der Waals surface area contributed by atoms with Gasteiger partial charge in [0.25, 0.3) is 0 Å². The number of thioether (sulfide) groups is 1. The fourth-order valence-electron chi connectivity index (χ4n) is 1.94. The van der Waals surface area contributed by atoms with Crippen LogP contribution in [0.5, 0.6) is 11.5 Å². The number of hydrogen-bond donors (Lipinski definition) is 1. The molecule has 0 fully saturated rings. The highest BCUT2D eigenvalue weighted by atomic mass is 79.9. The van der Waals surface area contributed by atoms with E-state index in [2.05, 4.69) is 51.8 Å². The molecule has 0 saturated carbocycles. The third-order valence-electron chi connectivity index (χ3n) is 3.13. The van der Waals surface area contributed by atoms with Crippen LogP contribution in [0.2, 0.25) is 0 Å². The van der Waals surface area contributed by atoms with Gasteiger partial charge in [0, 0.05) is 21.6 Å². The maximum atomic E-state index is 5.34. The number of anilines is 1. The van der Waals surface area contributed by atoms with Crippen molar-refractivity contribution in [1.29, 1.82) is 0 Å². The standard InChI is InChI=1S/C16H18BrNO2S/c1-19-15-8-11(14(17)9-16(15)20-2)10-18-12-4-6-13(21-3)7-5-12/h4-9,18H,10H2,1-3H3. The normalized spacial score (nSPS) is 10.3. The Bertz CT molecular complexity index is 602. The Balaban J connectivity index is 2.11. The van der Waals surface area contributed by atoms with Crippen molar-refractivity contribution in [3.8, 4) is 11.5 Å². The lowest BCUT2D eigenvalue weighted by molar-refractivity contribution is 0.354. The van der Waals surface area contributed by atoms with Gasteiger partial charge in [0.05, 0.1) is 14.2 Å². The third kappa shape index (κ3) is 4.08. The zero-order chi connectivity index (χ0) is 15.2. The fourth-order valence-corrected chi connectivity index (χ4v) is 2.81. The van der Waals surface area contributed by atoms with Gasteiger partial charge in [-0.15, -0.1) is 11.8 Å². The van der Waals surface area contributed by atoms with Crippen molar-refractivity contribution in [2.45, 2.75) is 11.4 Å². The largest absolute Gasteiger partial charge is 0.493 e. The van der Waals surface area contributed by atoms with E-state index in [-0.39, 0.29) is 0 Å². The van der Waals surface area contributed by atoms with E-state index < -0.39 is 0 Å². The van der Waals surface area contributed by atoms with E-state index in [4.69, 9.17) is 9.47 Å². The molecule has 112 valence electrons. The van der Waals surface area contributed by atoms with Gasteiger partial charge in [-0.05, 0) is 48.2 Å². The third-order valence-corrected chi connectivity index (χ3v) is 4.61. The van der Waals surface area contributed by atoms with Crippen molar-refractivity contribution < 1.29 is 9.47 Å². The second-order valence-electron chi connectivity index (χ2n) is 4.38. The van der Waals surface area contributed by atoms with Gasteiger partial charge in [-0.25, -0.2) is 0 Å². The lowest BCUT2D eigenvalue weighted by Gasteiger charge is -2.13. The molecule has 2 rings (SSSR count). The Labute approximate surface area is 138 Å². The molecule has 0 aromatic heterocycles. The summed E-state index contributed by atoms with van der Waals surface area (Å²) in [6.07, 6.45) is 2.07. The molecule has 0 atom stereocenters. The van der Waals surface area contributed by atoms with Gasteiger partial charge in [-0.2, -0.15) is 0 Å². The minimum absolute atomic E-state index is 0.708. The monoisotopic (exact) mass is 367 g/mol. The topological polar surface area (TPSA) is 30.5 Å². The van der Waals surface area contributed by atoms with Crippen molar-refractivity contribution in [1.82, 2.24) is 0 Å². The molecular weight excluding hydrogens is 350 g/mol. The number of methoxy groups -OCH3 is 2. The van der Waals surface area contributed by atoms with Gasteiger partial charge in [-0.1, -0.05) is 15.9 Å². The van der Waals surface area contributed by atoms with E-state index in [1.807, 2.05) is 12.1 Å².